The third-order valence-corrected chi connectivity index (χ3v) is 6.70. The van der Waals surface area contributed by atoms with Crippen LogP contribution in [0, 0.1) is 16.4 Å². The van der Waals surface area contributed by atoms with E-state index in [1.807, 2.05) is 4.90 Å². The van der Waals surface area contributed by atoms with E-state index in [0.29, 0.717) is 31.1 Å². The molecule has 1 fully saturated rings. The first-order valence-electron chi connectivity index (χ1n) is 8.24. The number of aromatic nitrogens is 3. The molecule has 3 rings (SSSR count). The summed E-state index contributed by atoms with van der Waals surface area (Å²) in [7, 11) is -4.23. The molecule has 2 aromatic rings. The summed E-state index contributed by atoms with van der Waals surface area (Å²) in [4.78, 5) is 1.08. The van der Waals surface area contributed by atoms with E-state index in [0.717, 1.165) is 22.5 Å². The second-order valence-electron chi connectivity index (χ2n) is 6.07. The van der Waals surface area contributed by atoms with Crippen LogP contribution in [0.1, 0.15) is 0 Å². The zero-order chi connectivity index (χ0) is 19.6. The zero-order valence-corrected chi connectivity index (χ0v) is 16.1. The summed E-state index contributed by atoms with van der Waals surface area (Å²) in [6, 6.07) is 3.01. The summed E-state index contributed by atoms with van der Waals surface area (Å²) in [6.45, 7) is 5.65. The maximum Gasteiger partial charge on any atom is 0.249 e. The molecule has 146 valence electrons. The van der Waals surface area contributed by atoms with Gasteiger partial charge in [-0.1, -0.05) is 12.1 Å². The van der Waals surface area contributed by atoms with Gasteiger partial charge < -0.3 is 4.57 Å². The number of sulfonamides is 1. The minimum Gasteiger partial charge on any atom is -0.303 e. The van der Waals surface area contributed by atoms with E-state index >= 15 is 0 Å². The van der Waals surface area contributed by atoms with E-state index in [1.165, 1.54) is 0 Å². The Morgan fingerprint density at radius 1 is 1.19 bits per heavy atom. The Labute approximate surface area is 161 Å². The fourth-order valence-corrected chi connectivity index (χ4v) is 4.65. The van der Waals surface area contributed by atoms with E-state index in [9.17, 15) is 17.2 Å². The zero-order valence-electron chi connectivity index (χ0n) is 14.5. The fraction of sp³-hybridized carbons (Fsp3) is 0.375. The third kappa shape index (κ3) is 4.00. The van der Waals surface area contributed by atoms with Crippen LogP contribution in [0.2, 0.25) is 0 Å². The molecule has 1 aromatic heterocycles. The first kappa shape index (κ1) is 19.8. The summed E-state index contributed by atoms with van der Waals surface area (Å²) in [5, 5.41) is 4.22. The van der Waals surface area contributed by atoms with Gasteiger partial charge in [-0.05, 0) is 24.4 Å². The maximum atomic E-state index is 13.9. The molecule has 11 heteroatoms. The standard InChI is InChI=1S/C16H19F2N5O2S2/c1-2-6-21-11-19-23(16(21)26)12-20-7-9-22(10-8-20)27(24,25)15-13(17)4-3-5-14(15)18/h2-5,11H,1,6-10,12H2. The average Bonchev–Trinajstić information content (AvgIpc) is 2.96. The lowest BCUT2D eigenvalue weighted by atomic mass is 10.3. The average molecular weight is 415 g/mol. The molecule has 0 radical (unpaired) electrons. The lowest BCUT2D eigenvalue weighted by Gasteiger charge is -2.33. The van der Waals surface area contributed by atoms with Gasteiger partial charge in [-0.3, -0.25) is 4.90 Å². The van der Waals surface area contributed by atoms with Crippen molar-refractivity contribution < 1.29 is 17.2 Å². The van der Waals surface area contributed by atoms with Crippen molar-refractivity contribution in [3.05, 3.63) is 53.6 Å². The molecule has 27 heavy (non-hydrogen) atoms. The summed E-state index contributed by atoms with van der Waals surface area (Å²) in [5.41, 5.74) is 0. The van der Waals surface area contributed by atoms with Crippen molar-refractivity contribution in [3.8, 4) is 0 Å². The normalized spacial score (nSPS) is 16.5. The Kier molecular flexibility index (Phi) is 5.84. The minimum absolute atomic E-state index is 0.122. The van der Waals surface area contributed by atoms with Crippen molar-refractivity contribution in [3.63, 3.8) is 0 Å². The van der Waals surface area contributed by atoms with Crippen LogP contribution < -0.4 is 0 Å². The lowest BCUT2D eigenvalue weighted by Crippen LogP contribution is -2.49. The van der Waals surface area contributed by atoms with E-state index in [2.05, 4.69) is 11.7 Å². The van der Waals surface area contributed by atoms with E-state index in [-0.39, 0.29) is 13.1 Å². The van der Waals surface area contributed by atoms with Crippen LogP contribution in [0.25, 0.3) is 0 Å². The van der Waals surface area contributed by atoms with Gasteiger partial charge in [0.15, 0.2) is 9.67 Å². The number of allylic oxidation sites excluding steroid dienone is 1. The van der Waals surface area contributed by atoms with Crippen LogP contribution in [0.4, 0.5) is 8.78 Å². The number of rotatable bonds is 6. The monoisotopic (exact) mass is 415 g/mol. The molecule has 0 amide bonds. The second kappa shape index (κ2) is 7.97. The topological polar surface area (TPSA) is 63.4 Å². The molecule has 1 saturated heterocycles. The van der Waals surface area contributed by atoms with Crippen molar-refractivity contribution in [2.24, 2.45) is 0 Å². The van der Waals surface area contributed by atoms with Gasteiger partial charge in [0.05, 0.1) is 6.67 Å². The molecule has 1 aromatic carbocycles. The molecule has 0 atom stereocenters. The molecule has 2 heterocycles. The van der Waals surface area contributed by atoms with Crippen LogP contribution in [0.5, 0.6) is 0 Å². The first-order chi connectivity index (χ1) is 12.8. The van der Waals surface area contributed by atoms with E-state index < -0.39 is 26.6 Å². The Balaban J connectivity index is 1.68. The molecule has 0 aliphatic carbocycles. The van der Waals surface area contributed by atoms with Crippen LogP contribution in [-0.2, 0) is 23.2 Å². The van der Waals surface area contributed by atoms with Crippen LogP contribution >= 0.6 is 12.2 Å². The molecular weight excluding hydrogens is 396 g/mol. The van der Waals surface area contributed by atoms with Gasteiger partial charge >= 0.3 is 0 Å². The molecule has 0 N–H and O–H groups in total. The van der Waals surface area contributed by atoms with Crippen LogP contribution in [0.3, 0.4) is 0 Å². The molecular formula is C16H19F2N5O2S2. The maximum absolute atomic E-state index is 13.9. The van der Waals surface area contributed by atoms with Gasteiger partial charge in [0.25, 0.3) is 0 Å². The molecule has 1 aliphatic rings. The number of hydrogen-bond acceptors (Lipinski definition) is 5. The smallest absolute Gasteiger partial charge is 0.249 e. The number of benzene rings is 1. The lowest BCUT2D eigenvalue weighted by molar-refractivity contribution is 0.144. The molecule has 1 aliphatic heterocycles. The first-order valence-corrected chi connectivity index (χ1v) is 10.1. The Morgan fingerprint density at radius 3 is 2.41 bits per heavy atom. The Hall–Kier alpha value is -1.95. The van der Waals surface area contributed by atoms with E-state index in [1.54, 1.807) is 21.7 Å². The van der Waals surface area contributed by atoms with Gasteiger partial charge in [-0.25, -0.2) is 21.9 Å². The molecule has 0 saturated carbocycles. The SMILES string of the molecule is C=CCn1cnn(CN2CCN(S(=O)(=O)c3c(F)cccc3F)CC2)c1=S. The molecule has 7 nitrogen and oxygen atoms in total. The van der Waals surface area contributed by atoms with Gasteiger partial charge in [0.1, 0.15) is 18.0 Å². The highest BCUT2D eigenvalue weighted by atomic mass is 32.2. The van der Waals surface area contributed by atoms with Crippen molar-refractivity contribution in [2.75, 3.05) is 26.2 Å². The summed E-state index contributed by atoms with van der Waals surface area (Å²) >= 11 is 5.33. The van der Waals surface area contributed by atoms with Crippen LogP contribution in [0.15, 0.2) is 42.1 Å². The molecule has 0 spiro atoms. The largest absolute Gasteiger partial charge is 0.303 e. The second-order valence-corrected chi connectivity index (χ2v) is 8.31. The molecule has 0 bridgehead atoms. The third-order valence-electron chi connectivity index (χ3n) is 4.30. The van der Waals surface area contributed by atoms with Gasteiger partial charge in [-0.15, -0.1) is 6.58 Å². The van der Waals surface area contributed by atoms with Crippen molar-refractivity contribution in [1.82, 2.24) is 23.6 Å². The Bertz CT molecular complexity index is 974. The minimum atomic E-state index is -4.23. The number of nitrogens with zero attached hydrogens (tertiary/aromatic N) is 5. The summed E-state index contributed by atoms with van der Waals surface area (Å²) < 4.78 is 58.0. The van der Waals surface area contributed by atoms with E-state index in [4.69, 9.17) is 12.2 Å². The summed E-state index contributed by atoms with van der Waals surface area (Å²) in [6.07, 6.45) is 3.33. The van der Waals surface area contributed by atoms with Crippen LogP contribution in [-0.4, -0.2) is 58.1 Å². The highest BCUT2D eigenvalue weighted by molar-refractivity contribution is 7.89. The molecule has 0 unspecified atom stereocenters. The van der Waals surface area contributed by atoms with Gasteiger partial charge in [0, 0.05) is 32.7 Å². The Morgan fingerprint density at radius 2 is 1.81 bits per heavy atom. The highest BCUT2D eigenvalue weighted by Gasteiger charge is 2.33. The van der Waals surface area contributed by atoms with Gasteiger partial charge in [-0.2, -0.15) is 9.40 Å². The van der Waals surface area contributed by atoms with Crippen molar-refractivity contribution in [2.45, 2.75) is 18.1 Å². The number of piperazine rings is 1. The van der Waals surface area contributed by atoms with Gasteiger partial charge in [0.2, 0.25) is 10.0 Å². The predicted octanol–water partition coefficient (Wildman–Crippen LogP) is 1.84. The number of hydrogen-bond donors (Lipinski definition) is 0. The fourth-order valence-electron chi connectivity index (χ4n) is 2.89. The predicted molar refractivity (Wildman–Crippen MR) is 97.9 cm³/mol. The van der Waals surface area contributed by atoms with Crippen molar-refractivity contribution in [1.29, 1.82) is 0 Å². The number of halogens is 2. The van der Waals surface area contributed by atoms with Crippen molar-refractivity contribution >= 4 is 22.2 Å². The highest BCUT2D eigenvalue weighted by Crippen LogP contribution is 2.23. The quantitative estimate of drug-likeness (QED) is 0.532. The summed E-state index contributed by atoms with van der Waals surface area (Å²) in [5.74, 6) is -2.17.